The summed E-state index contributed by atoms with van der Waals surface area (Å²) < 4.78 is 6.53. The molecule has 0 saturated heterocycles. The molecule has 30 heavy (non-hydrogen) atoms. The van der Waals surface area contributed by atoms with Crippen molar-refractivity contribution >= 4 is 0 Å². The highest BCUT2D eigenvalue weighted by Crippen LogP contribution is 2.40. The topological polar surface area (TPSA) is 82.0 Å². The van der Waals surface area contributed by atoms with Gasteiger partial charge in [0.2, 0.25) is 0 Å². The lowest BCUT2D eigenvalue weighted by Gasteiger charge is -2.36. The largest absolute Gasteiger partial charge is 0.395 e. The second kappa shape index (κ2) is 11.0. The third kappa shape index (κ3) is 5.14. The fraction of sp³-hybridized carbons (Fsp3) is 0.280. The Morgan fingerprint density at radius 2 is 1.10 bits per heavy atom. The van der Waals surface area contributed by atoms with Gasteiger partial charge in [-0.3, -0.25) is 0 Å². The van der Waals surface area contributed by atoms with Gasteiger partial charge in [0.15, 0.2) is 0 Å². The van der Waals surface area contributed by atoms with Crippen LogP contribution in [0, 0.1) is 0 Å². The van der Waals surface area contributed by atoms with Gasteiger partial charge >= 0.3 is 0 Å². The summed E-state index contributed by atoms with van der Waals surface area (Å²) in [5, 5.41) is 31.9. The number of hydrogen-bond acceptors (Lipinski definition) is 5. The van der Waals surface area contributed by atoms with Crippen LogP contribution in [0.2, 0.25) is 0 Å². The first kappa shape index (κ1) is 22.2. The maximum Gasteiger partial charge on any atom is 0.143 e. The van der Waals surface area contributed by atoms with Crippen LogP contribution in [0.3, 0.4) is 0 Å². The Balaban J connectivity index is 1.95. The first-order valence-corrected chi connectivity index (χ1v) is 10.1. The molecule has 0 radical (unpaired) electrons. The van der Waals surface area contributed by atoms with Gasteiger partial charge in [-0.2, -0.15) is 0 Å². The van der Waals surface area contributed by atoms with Crippen LogP contribution < -0.4 is 5.32 Å². The molecule has 0 bridgehead atoms. The number of rotatable bonds is 11. The zero-order chi connectivity index (χ0) is 21.2. The van der Waals surface area contributed by atoms with E-state index in [1.54, 1.807) is 0 Å². The smallest absolute Gasteiger partial charge is 0.143 e. The maximum absolute atomic E-state index is 10.5. The Morgan fingerprint density at radius 1 is 0.700 bits per heavy atom. The van der Waals surface area contributed by atoms with Crippen molar-refractivity contribution in [3.63, 3.8) is 0 Å². The number of ether oxygens (including phenoxy) is 1. The van der Waals surface area contributed by atoms with Crippen LogP contribution in [0.4, 0.5) is 0 Å². The Hall–Kier alpha value is -2.54. The monoisotopic (exact) mass is 407 g/mol. The van der Waals surface area contributed by atoms with Crippen molar-refractivity contribution in [1.82, 2.24) is 5.32 Å². The Kier molecular flexibility index (Phi) is 8.13. The molecule has 3 aromatic rings. The fourth-order valence-electron chi connectivity index (χ4n) is 3.54. The molecule has 0 aliphatic rings. The molecule has 0 amide bonds. The van der Waals surface area contributed by atoms with Crippen molar-refractivity contribution in [2.75, 3.05) is 26.4 Å². The predicted molar refractivity (Wildman–Crippen MR) is 117 cm³/mol. The van der Waals surface area contributed by atoms with Gasteiger partial charge in [-0.05, 0) is 16.7 Å². The van der Waals surface area contributed by atoms with Crippen LogP contribution in [0.25, 0.3) is 0 Å². The molecular formula is C25H29NO4. The quantitative estimate of drug-likeness (QED) is 0.367. The van der Waals surface area contributed by atoms with Crippen molar-refractivity contribution in [2.24, 2.45) is 0 Å². The Bertz CT molecular complexity index is 757. The molecule has 5 nitrogen and oxygen atoms in total. The molecule has 0 aliphatic heterocycles. The number of benzene rings is 3. The van der Waals surface area contributed by atoms with Crippen molar-refractivity contribution in [1.29, 1.82) is 0 Å². The van der Waals surface area contributed by atoms with E-state index in [0.29, 0.717) is 0 Å². The molecule has 0 saturated carbocycles. The molecule has 1 atom stereocenters. The second-order valence-corrected chi connectivity index (χ2v) is 7.21. The van der Waals surface area contributed by atoms with E-state index in [-0.39, 0.29) is 26.4 Å². The molecule has 158 valence electrons. The van der Waals surface area contributed by atoms with Crippen LogP contribution in [0.15, 0.2) is 91.0 Å². The van der Waals surface area contributed by atoms with Crippen molar-refractivity contribution in [3.8, 4) is 0 Å². The van der Waals surface area contributed by atoms with E-state index >= 15 is 0 Å². The lowest BCUT2D eigenvalue weighted by molar-refractivity contribution is -0.0385. The van der Waals surface area contributed by atoms with Crippen molar-refractivity contribution in [3.05, 3.63) is 108 Å². The standard InChI is InChI=1S/C25H29NO4/c27-17-23(18-28)26-16-24(29)19-30-25(20-10-4-1-5-11-20,21-12-6-2-7-13-21)22-14-8-3-9-15-22/h1-15,23-24,26-29H,16-19H2/t24-/m0/s1. The van der Waals surface area contributed by atoms with E-state index in [9.17, 15) is 15.3 Å². The van der Waals surface area contributed by atoms with Gasteiger partial charge in [-0.25, -0.2) is 0 Å². The summed E-state index contributed by atoms with van der Waals surface area (Å²) >= 11 is 0. The summed E-state index contributed by atoms with van der Waals surface area (Å²) in [6, 6.07) is 29.4. The zero-order valence-electron chi connectivity index (χ0n) is 16.9. The molecule has 0 unspecified atom stereocenters. The molecule has 4 N–H and O–H groups in total. The van der Waals surface area contributed by atoms with Gasteiger partial charge in [0, 0.05) is 6.54 Å². The maximum atomic E-state index is 10.5. The van der Waals surface area contributed by atoms with Gasteiger partial charge in [-0.15, -0.1) is 0 Å². The molecule has 0 aromatic heterocycles. The minimum Gasteiger partial charge on any atom is -0.395 e. The summed E-state index contributed by atoms with van der Waals surface area (Å²) in [4.78, 5) is 0. The molecule has 0 aliphatic carbocycles. The average Bonchev–Trinajstić information content (AvgIpc) is 2.82. The number of nitrogens with one attached hydrogen (secondary N) is 1. The van der Waals surface area contributed by atoms with Gasteiger partial charge < -0.3 is 25.4 Å². The highest BCUT2D eigenvalue weighted by atomic mass is 16.5. The minimum absolute atomic E-state index is 0.0647. The SMILES string of the molecule is OCC(CO)NC[C@H](O)COC(c1ccccc1)(c1ccccc1)c1ccccc1. The van der Waals surface area contributed by atoms with E-state index in [0.717, 1.165) is 16.7 Å². The first-order valence-electron chi connectivity index (χ1n) is 10.1. The lowest BCUT2D eigenvalue weighted by atomic mass is 9.80. The van der Waals surface area contributed by atoms with Crippen molar-refractivity contribution < 1.29 is 20.1 Å². The van der Waals surface area contributed by atoms with Crippen LogP contribution in [-0.4, -0.2) is 53.8 Å². The van der Waals surface area contributed by atoms with Crippen LogP contribution in [0.5, 0.6) is 0 Å². The molecule has 3 aromatic carbocycles. The van der Waals surface area contributed by atoms with Crippen LogP contribution in [-0.2, 0) is 10.3 Å². The lowest BCUT2D eigenvalue weighted by Crippen LogP contribution is -2.43. The van der Waals surface area contributed by atoms with E-state index in [1.165, 1.54) is 0 Å². The van der Waals surface area contributed by atoms with E-state index in [4.69, 9.17) is 4.74 Å². The molecule has 5 heteroatoms. The van der Waals surface area contributed by atoms with Gasteiger partial charge in [0.1, 0.15) is 5.60 Å². The second-order valence-electron chi connectivity index (χ2n) is 7.21. The van der Waals surface area contributed by atoms with Gasteiger partial charge in [-0.1, -0.05) is 91.0 Å². The zero-order valence-corrected chi connectivity index (χ0v) is 16.9. The van der Waals surface area contributed by atoms with E-state index in [2.05, 4.69) is 5.32 Å². The third-order valence-electron chi connectivity index (χ3n) is 5.12. The molecule has 0 fully saturated rings. The van der Waals surface area contributed by atoms with Crippen LogP contribution in [0.1, 0.15) is 16.7 Å². The highest BCUT2D eigenvalue weighted by Gasteiger charge is 2.37. The minimum atomic E-state index is -0.891. The fourth-order valence-corrected chi connectivity index (χ4v) is 3.54. The summed E-state index contributed by atoms with van der Waals surface area (Å²) in [5.41, 5.74) is 2.00. The summed E-state index contributed by atoms with van der Waals surface area (Å²) in [5.74, 6) is 0. The summed E-state index contributed by atoms with van der Waals surface area (Å²) in [7, 11) is 0. The predicted octanol–water partition coefficient (Wildman–Crippen LogP) is 2.30. The third-order valence-corrected chi connectivity index (χ3v) is 5.12. The van der Waals surface area contributed by atoms with Gasteiger partial charge in [0.05, 0.1) is 32.0 Å². The average molecular weight is 408 g/mol. The summed E-state index contributed by atoms with van der Waals surface area (Å²) in [6.45, 7) is -0.145. The Morgan fingerprint density at radius 3 is 1.47 bits per heavy atom. The number of hydrogen-bond donors (Lipinski definition) is 4. The highest BCUT2D eigenvalue weighted by molar-refractivity contribution is 5.47. The first-order chi connectivity index (χ1) is 14.7. The Labute approximate surface area is 177 Å². The summed E-state index contributed by atoms with van der Waals surface area (Å²) in [6.07, 6.45) is -0.818. The van der Waals surface area contributed by atoms with Crippen molar-refractivity contribution in [2.45, 2.75) is 17.7 Å². The normalized spacial score (nSPS) is 12.8. The number of aliphatic hydroxyl groups excluding tert-OH is 3. The number of aliphatic hydroxyl groups is 3. The molecule has 0 heterocycles. The van der Waals surface area contributed by atoms with Crippen LogP contribution >= 0.6 is 0 Å². The van der Waals surface area contributed by atoms with E-state index in [1.807, 2.05) is 91.0 Å². The molecule has 3 rings (SSSR count). The molecule has 0 spiro atoms. The van der Waals surface area contributed by atoms with Gasteiger partial charge in [0.25, 0.3) is 0 Å². The van der Waals surface area contributed by atoms with E-state index < -0.39 is 17.7 Å². The molecular weight excluding hydrogens is 378 g/mol.